The molecule has 1 N–H and O–H groups in total. The minimum Gasteiger partial charge on any atom is -0.309 e. The molecule has 2 heterocycles. The highest BCUT2D eigenvalue weighted by Crippen LogP contribution is 2.28. The summed E-state index contributed by atoms with van der Waals surface area (Å²) in [4.78, 5) is 8.68. The van der Waals surface area contributed by atoms with Crippen LogP contribution in [0.15, 0.2) is 17.6 Å². The van der Waals surface area contributed by atoms with Crippen LogP contribution < -0.4 is 5.32 Å². The number of nitrogens with one attached hydrogen (secondary N) is 1. The maximum Gasteiger partial charge on any atom is 0.0798 e. The molecule has 1 atom stereocenters. The molecule has 98 valence electrons. The Bertz CT molecular complexity index is 487. The Morgan fingerprint density at radius 1 is 1.28 bits per heavy atom. The zero-order chi connectivity index (χ0) is 13.0. The molecule has 4 heteroatoms. The molecule has 0 spiro atoms. The van der Waals surface area contributed by atoms with E-state index in [1.54, 1.807) is 11.3 Å². The van der Waals surface area contributed by atoms with Gasteiger partial charge in [0.15, 0.2) is 0 Å². The van der Waals surface area contributed by atoms with Crippen molar-refractivity contribution < 1.29 is 0 Å². The van der Waals surface area contributed by atoms with Crippen LogP contribution in [-0.4, -0.2) is 11.5 Å². The van der Waals surface area contributed by atoms with Crippen LogP contribution in [0.4, 0.5) is 0 Å². The normalized spacial score (nSPS) is 12.8. The van der Waals surface area contributed by atoms with Gasteiger partial charge in [-0.15, -0.1) is 22.7 Å². The second-order valence-corrected chi connectivity index (χ2v) is 6.48. The summed E-state index contributed by atoms with van der Waals surface area (Å²) in [6, 6.07) is 4.93. The predicted molar refractivity (Wildman–Crippen MR) is 80.7 cm³/mol. The number of hydrogen-bond acceptors (Lipinski definition) is 4. The largest absolute Gasteiger partial charge is 0.309 e. The van der Waals surface area contributed by atoms with Gasteiger partial charge in [-0.3, -0.25) is 0 Å². The number of nitrogens with zero attached hydrogens (tertiary/aromatic N) is 1. The van der Waals surface area contributed by atoms with Crippen LogP contribution in [0.1, 0.15) is 40.2 Å². The van der Waals surface area contributed by atoms with E-state index < -0.39 is 0 Å². The minimum atomic E-state index is 0.408. The highest BCUT2D eigenvalue weighted by Gasteiger charge is 2.16. The molecule has 0 radical (unpaired) electrons. The number of hydrogen-bond donors (Lipinski definition) is 1. The van der Waals surface area contributed by atoms with Crippen LogP contribution in [0.5, 0.6) is 0 Å². The smallest absolute Gasteiger partial charge is 0.0798 e. The maximum absolute atomic E-state index is 4.36. The number of likely N-dealkylation sites (N-methyl/N-ethyl adjacent to an activating group) is 1. The quantitative estimate of drug-likeness (QED) is 0.866. The van der Waals surface area contributed by atoms with Gasteiger partial charge in [-0.1, -0.05) is 13.8 Å². The van der Waals surface area contributed by atoms with Gasteiger partial charge in [0.1, 0.15) is 0 Å². The first-order valence-electron chi connectivity index (χ1n) is 6.45. The number of aryl methyl sites for hydroxylation is 2. The van der Waals surface area contributed by atoms with Gasteiger partial charge in [0.05, 0.1) is 11.2 Å². The van der Waals surface area contributed by atoms with E-state index in [0.717, 1.165) is 19.4 Å². The summed E-state index contributed by atoms with van der Waals surface area (Å²) in [5.74, 6) is 0. The van der Waals surface area contributed by atoms with E-state index in [-0.39, 0.29) is 0 Å². The standard InChI is InChI=1S/C14H20N2S2/c1-4-11-6-7-12(18-11)8-13(15-5-2)14-10(3)16-9-17-14/h6-7,9,13,15H,4-5,8H2,1-3H3. The Kier molecular flexibility index (Phi) is 4.92. The Balaban J connectivity index is 2.13. The molecule has 0 saturated carbocycles. The van der Waals surface area contributed by atoms with Crippen molar-refractivity contribution in [3.8, 4) is 0 Å². The first-order valence-corrected chi connectivity index (χ1v) is 8.15. The Labute approximate surface area is 117 Å². The molecule has 2 aromatic rings. The van der Waals surface area contributed by atoms with Crippen molar-refractivity contribution in [2.24, 2.45) is 0 Å². The van der Waals surface area contributed by atoms with E-state index in [9.17, 15) is 0 Å². The van der Waals surface area contributed by atoms with Gasteiger partial charge >= 0.3 is 0 Å². The number of aromatic nitrogens is 1. The van der Waals surface area contributed by atoms with Crippen molar-refractivity contribution >= 4 is 22.7 Å². The molecular weight excluding hydrogens is 260 g/mol. The first kappa shape index (κ1) is 13.7. The molecule has 18 heavy (non-hydrogen) atoms. The SMILES string of the molecule is CCNC(Cc1ccc(CC)s1)c1scnc1C. The summed E-state index contributed by atoms with van der Waals surface area (Å²) in [5.41, 5.74) is 3.11. The van der Waals surface area contributed by atoms with Crippen LogP contribution >= 0.6 is 22.7 Å². The molecule has 0 amide bonds. The van der Waals surface area contributed by atoms with Crippen LogP contribution in [0.3, 0.4) is 0 Å². The third-order valence-corrected chi connectivity index (χ3v) is 5.32. The number of rotatable bonds is 6. The van der Waals surface area contributed by atoms with Crippen molar-refractivity contribution in [3.63, 3.8) is 0 Å². The molecule has 0 aliphatic carbocycles. The third kappa shape index (κ3) is 3.19. The average molecular weight is 280 g/mol. The lowest BCUT2D eigenvalue weighted by molar-refractivity contribution is 0.558. The minimum absolute atomic E-state index is 0.408. The summed E-state index contributed by atoms with van der Waals surface area (Å²) in [5, 5.41) is 3.58. The molecule has 2 rings (SSSR count). The van der Waals surface area contributed by atoms with E-state index in [0.29, 0.717) is 6.04 Å². The van der Waals surface area contributed by atoms with Crippen molar-refractivity contribution in [2.75, 3.05) is 6.54 Å². The monoisotopic (exact) mass is 280 g/mol. The zero-order valence-corrected chi connectivity index (χ0v) is 12.8. The fraction of sp³-hybridized carbons (Fsp3) is 0.500. The van der Waals surface area contributed by atoms with Gasteiger partial charge in [-0.25, -0.2) is 4.98 Å². The summed E-state index contributed by atoms with van der Waals surface area (Å²) in [6.07, 6.45) is 2.21. The molecule has 2 aromatic heterocycles. The second kappa shape index (κ2) is 6.45. The molecule has 0 aliphatic heterocycles. The van der Waals surface area contributed by atoms with E-state index >= 15 is 0 Å². The third-order valence-electron chi connectivity index (χ3n) is 3.02. The van der Waals surface area contributed by atoms with Gasteiger partial charge in [0.25, 0.3) is 0 Å². The van der Waals surface area contributed by atoms with Gasteiger partial charge in [-0.2, -0.15) is 0 Å². The summed E-state index contributed by atoms with van der Waals surface area (Å²) in [7, 11) is 0. The molecule has 1 unspecified atom stereocenters. The lowest BCUT2D eigenvalue weighted by Gasteiger charge is -2.16. The van der Waals surface area contributed by atoms with E-state index in [1.165, 1.54) is 20.3 Å². The van der Waals surface area contributed by atoms with Gasteiger partial charge < -0.3 is 5.32 Å². The lowest BCUT2D eigenvalue weighted by atomic mass is 10.1. The molecule has 0 aromatic carbocycles. The van der Waals surface area contributed by atoms with Crippen LogP contribution in [-0.2, 0) is 12.8 Å². The van der Waals surface area contributed by atoms with Crippen LogP contribution in [0.2, 0.25) is 0 Å². The fourth-order valence-electron chi connectivity index (χ4n) is 2.07. The molecule has 0 fully saturated rings. The fourth-order valence-corrected chi connectivity index (χ4v) is 3.95. The summed E-state index contributed by atoms with van der Waals surface area (Å²) < 4.78 is 0. The highest BCUT2D eigenvalue weighted by molar-refractivity contribution is 7.12. The van der Waals surface area contributed by atoms with Gasteiger partial charge in [0, 0.05) is 27.1 Å². The molecule has 0 saturated heterocycles. The van der Waals surface area contributed by atoms with Crippen molar-refractivity contribution in [1.29, 1.82) is 0 Å². The molecule has 0 bridgehead atoms. The van der Waals surface area contributed by atoms with Crippen molar-refractivity contribution in [1.82, 2.24) is 10.3 Å². The van der Waals surface area contributed by atoms with Crippen molar-refractivity contribution in [3.05, 3.63) is 38.0 Å². The maximum atomic E-state index is 4.36. The van der Waals surface area contributed by atoms with E-state index in [4.69, 9.17) is 0 Å². The zero-order valence-electron chi connectivity index (χ0n) is 11.2. The van der Waals surface area contributed by atoms with Gasteiger partial charge in [-0.05, 0) is 32.0 Å². The predicted octanol–water partition coefficient (Wildman–Crippen LogP) is 3.97. The Morgan fingerprint density at radius 3 is 2.61 bits per heavy atom. The Morgan fingerprint density at radius 2 is 2.06 bits per heavy atom. The van der Waals surface area contributed by atoms with Gasteiger partial charge in [0.2, 0.25) is 0 Å². The first-order chi connectivity index (χ1) is 8.74. The molecule has 0 aliphatic rings. The van der Waals surface area contributed by atoms with E-state index in [1.807, 2.05) is 16.8 Å². The molecular formula is C14H20N2S2. The molecule has 2 nitrogen and oxygen atoms in total. The second-order valence-electron chi connectivity index (χ2n) is 4.34. The highest BCUT2D eigenvalue weighted by atomic mass is 32.1. The average Bonchev–Trinajstić information content (AvgIpc) is 2.97. The van der Waals surface area contributed by atoms with Crippen molar-refractivity contribution in [2.45, 2.75) is 39.7 Å². The Hall–Kier alpha value is -0.710. The van der Waals surface area contributed by atoms with Crippen LogP contribution in [0, 0.1) is 6.92 Å². The topological polar surface area (TPSA) is 24.9 Å². The van der Waals surface area contributed by atoms with Crippen LogP contribution in [0.25, 0.3) is 0 Å². The van der Waals surface area contributed by atoms with E-state index in [2.05, 4.69) is 43.2 Å². The number of thiophene rings is 1. The summed E-state index contributed by atoms with van der Waals surface area (Å²) in [6.45, 7) is 7.47. The number of thiazole rings is 1. The summed E-state index contributed by atoms with van der Waals surface area (Å²) >= 11 is 3.69. The lowest BCUT2D eigenvalue weighted by Crippen LogP contribution is -2.22.